The molecule has 3 aromatic rings. The fourth-order valence-corrected chi connectivity index (χ4v) is 4.42. The molecule has 0 atom stereocenters. The van der Waals surface area contributed by atoms with Gasteiger partial charge >= 0.3 is 0 Å². The molecule has 134 valence electrons. The molecule has 2 aromatic heterocycles. The summed E-state index contributed by atoms with van der Waals surface area (Å²) in [6.45, 7) is 3.98. The topological polar surface area (TPSA) is 84.0 Å². The van der Waals surface area contributed by atoms with Crippen LogP contribution in [0.1, 0.15) is 20.8 Å². The van der Waals surface area contributed by atoms with Crippen molar-refractivity contribution in [3.05, 3.63) is 51.7 Å². The van der Waals surface area contributed by atoms with Crippen LogP contribution < -0.4 is 10.6 Å². The Bertz CT molecular complexity index is 902. The van der Waals surface area contributed by atoms with Crippen LogP contribution in [0.4, 0.5) is 10.8 Å². The van der Waals surface area contributed by atoms with Crippen LogP contribution in [-0.2, 0) is 4.79 Å². The molecule has 2 amide bonds. The van der Waals surface area contributed by atoms with E-state index in [9.17, 15) is 9.59 Å². The lowest BCUT2D eigenvalue weighted by Gasteiger charge is -2.06. The van der Waals surface area contributed by atoms with Crippen molar-refractivity contribution in [2.75, 3.05) is 16.4 Å². The highest BCUT2D eigenvalue weighted by atomic mass is 32.2. The number of aromatic nitrogens is 2. The molecule has 0 aliphatic rings. The van der Waals surface area contributed by atoms with Crippen LogP contribution in [0.2, 0.25) is 0 Å². The van der Waals surface area contributed by atoms with Gasteiger partial charge in [0, 0.05) is 5.69 Å². The van der Waals surface area contributed by atoms with Gasteiger partial charge in [-0.3, -0.25) is 14.9 Å². The minimum atomic E-state index is -0.208. The Balaban J connectivity index is 1.51. The number of thiophene rings is 1. The van der Waals surface area contributed by atoms with E-state index in [1.54, 1.807) is 6.07 Å². The van der Waals surface area contributed by atoms with Crippen molar-refractivity contribution in [2.45, 2.75) is 18.2 Å². The summed E-state index contributed by atoms with van der Waals surface area (Å²) in [5.74, 6) is -0.0971. The fraction of sp³-hybridized carbons (Fsp3) is 0.176. The summed E-state index contributed by atoms with van der Waals surface area (Å²) < 4.78 is 0.627. The first-order valence-corrected chi connectivity index (χ1v) is 10.4. The number of amides is 2. The number of nitrogens with zero attached hydrogens (tertiary/aromatic N) is 2. The van der Waals surface area contributed by atoms with E-state index in [-0.39, 0.29) is 17.6 Å². The minimum Gasteiger partial charge on any atom is -0.325 e. The van der Waals surface area contributed by atoms with Gasteiger partial charge < -0.3 is 5.32 Å². The molecule has 0 unspecified atom stereocenters. The van der Waals surface area contributed by atoms with Crippen LogP contribution in [0.5, 0.6) is 0 Å². The predicted molar refractivity (Wildman–Crippen MR) is 107 cm³/mol. The van der Waals surface area contributed by atoms with Gasteiger partial charge in [-0.15, -0.1) is 21.5 Å². The lowest BCUT2D eigenvalue weighted by atomic mass is 10.1. The van der Waals surface area contributed by atoms with Gasteiger partial charge in [-0.2, -0.15) is 0 Å². The van der Waals surface area contributed by atoms with Crippen LogP contribution >= 0.6 is 34.4 Å². The van der Waals surface area contributed by atoms with E-state index in [4.69, 9.17) is 0 Å². The summed E-state index contributed by atoms with van der Waals surface area (Å²) in [5, 5.41) is 15.8. The number of rotatable bonds is 6. The van der Waals surface area contributed by atoms with E-state index < -0.39 is 0 Å². The number of carbonyl (C=O) groups excluding carboxylic acids is 2. The molecule has 0 saturated heterocycles. The summed E-state index contributed by atoms with van der Waals surface area (Å²) in [4.78, 5) is 24.7. The molecule has 9 heteroatoms. The highest BCUT2D eigenvalue weighted by Gasteiger charge is 2.12. The Hall–Kier alpha value is -2.23. The van der Waals surface area contributed by atoms with Crippen LogP contribution in [0.15, 0.2) is 40.1 Å². The van der Waals surface area contributed by atoms with E-state index in [0.717, 1.165) is 16.8 Å². The maximum Gasteiger partial charge on any atom is 0.267 e. The molecule has 2 N–H and O–H groups in total. The lowest BCUT2D eigenvalue weighted by Crippen LogP contribution is -2.14. The molecule has 6 nitrogen and oxygen atoms in total. The number of thioether (sulfide) groups is 1. The van der Waals surface area contributed by atoms with Crippen molar-refractivity contribution in [3.8, 4) is 0 Å². The molecule has 0 fully saturated rings. The highest BCUT2D eigenvalue weighted by molar-refractivity contribution is 8.01. The molecule has 1 aromatic carbocycles. The summed E-state index contributed by atoms with van der Waals surface area (Å²) in [6.07, 6.45) is 0. The smallest absolute Gasteiger partial charge is 0.267 e. The summed E-state index contributed by atoms with van der Waals surface area (Å²) in [7, 11) is 0. The van der Waals surface area contributed by atoms with Crippen LogP contribution in [0.3, 0.4) is 0 Å². The Morgan fingerprint density at radius 2 is 1.88 bits per heavy atom. The maximum absolute atomic E-state index is 12.1. The van der Waals surface area contributed by atoms with Crippen LogP contribution in [-0.4, -0.2) is 27.8 Å². The Labute approximate surface area is 163 Å². The standard InChI is InChI=1S/C17H16N4O2S3/c1-10-6-11(2)8-12(7-10)18-14(22)9-25-17-21-20-16(26-17)19-15(23)13-4-3-5-24-13/h3-8H,9H2,1-2H3,(H,18,22)(H,19,20,23). The third-order valence-corrected chi connectivity index (χ3v) is 6.04. The average molecular weight is 405 g/mol. The van der Waals surface area contributed by atoms with E-state index in [2.05, 4.69) is 26.9 Å². The third-order valence-electron chi connectivity index (χ3n) is 3.20. The zero-order valence-corrected chi connectivity index (χ0v) is 16.6. The number of anilines is 2. The molecule has 0 spiro atoms. The third kappa shape index (κ3) is 5.13. The van der Waals surface area contributed by atoms with E-state index in [1.807, 2.05) is 37.4 Å². The molecule has 2 heterocycles. The summed E-state index contributed by atoms with van der Waals surface area (Å²) in [6, 6.07) is 9.47. The molecule has 0 radical (unpaired) electrons. The van der Waals surface area contributed by atoms with E-state index in [1.165, 1.54) is 34.4 Å². The van der Waals surface area contributed by atoms with Gasteiger partial charge in [-0.1, -0.05) is 35.2 Å². The first kappa shape index (κ1) is 18.6. The molecule has 0 aliphatic carbocycles. The molecule has 3 rings (SSSR count). The van der Waals surface area contributed by atoms with Gasteiger partial charge in [-0.05, 0) is 48.6 Å². The van der Waals surface area contributed by atoms with Crippen LogP contribution in [0.25, 0.3) is 0 Å². The van der Waals surface area contributed by atoms with Crippen molar-refractivity contribution in [3.63, 3.8) is 0 Å². The van der Waals surface area contributed by atoms with Crippen molar-refractivity contribution in [1.29, 1.82) is 0 Å². The number of hydrogen-bond acceptors (Lipinski definition) is 7. The Morgan fingerprint density at radius 1 is 1.12 bits per heavy atom. The minimum absolute atomic E-state index is 0.112. The first-order valence-electron chi connectivity index (χ1n) is 7.69. The quantitative estimate of drug-likeness (QED) is 0.475. The van der Waals surface area contributed by atoms with Crippen molar-refractivity contribution in [2.24, 2.45) is 0 Å². The van der Waals surface area contributed by atoms with Crippen LogP contribution in [0, 0.1) is 13.8 Å². The number of aryl methyl sites for hydroxylation is 2. The van der Waals surface area contributed by atoms with Crippen molar-refractivity contribution in [1.82, 2.24) is 10.2 Å². The normalized spacial score (nSPS) is 10.5. The number of carbonyl (C=O) groups is 2. The molecule has 0 bridgehead atoms. The van der Waals surface area contributed by atoms with Crippen molar-refractivity contribution < 1.29 is 9.59 Å². The Kier molecular flexibility index (Phi) is 6.02. The van der Waals surface area contributed by atoms with Gasteiger partial charge in [0.2, 0.25) is 11.0 Å². The monoisotopic (exact) mass is 404 g/mol. The van der Waals surface area contributed by atoms with Gasteiger partial charge in [0.25, 0.3) is 5.91 Å². The van der Waals surface area contributed by atoms with Crippen molar-refractivity contribution >= 4 is 57.1 Å². The molecule has 0 aliphatic heterocycles. The average Bonchev–Trinajstić information content (AvgIpc) is 3.23. The predicted octanol–water partition coefficient (Wildman–Crippen LogP) is 4.20. The number of nitrogens with one attached hydrogen (secondary N) is 2. The zero-order valence-electron chi connectivity index (χ0n) is 14.1. The van der Waals surface area contributed by atoms with Gasteiger partial charge in [0.05, 0.1) is 10.6 Å². The number of hydrogen-bond donors (Lipinski definition) is 2. The maximum atomic E-state index is 12.1. The van der Waals surface area contributed by atoms with E-state index in [0.29, 0.717) is 14.3 Å². The summed E-state index contributed by atoms with van der Waals surface area (Å²) >= 11 is 3.89. The second kappa shape index (κ2) is 8.43. The second-order valence-corrected chi connectivity index (χ2v) is 8.67. The second-order valence-electron chi connectivity index (χ2n) is 5.52. The lowest BCUT2D eigenvalue weighted by molar-refractivity contribution is -0.113. The first-order chi connectivity index (χ1) is 12.5. The molecule has 26 heavy (non-hydrogen) atoms. The zero-order chi connectivity index (χ0) is 18.5. The molecular formula is C17H16N4O2S3. The summed E-state index contributed by atoms with van der Waals surface area (Å²) in [5.41, 5.74) is 2.99. The number of benzene rings is 1. The Morgan fingerprint density at radius 3 is 2.58 bits per heavy atom. The van der Waals surface area contributed by atoms with Gasteiger partial charge in [0.15, 0.2) is 4.34 Å². The fourth-order valence-electron chi connectivity index (χ4n) is 2.26. The SMILES string of the molecule is Cc1cc(C)cc(NC(=O)CSc2nnc(NC(=O)c3cccs3)s2)c1. The highest BCUT2D eigenvalue weighted by Crippen LogP contribution is 2.26. The van der Waals surface area contributed by atoms with E-state index >= 15 is 0 Å². The molecular weight excluding hydrogens is 388 g/mol. The van der Waals surface area contributed by atoms with Gasteiger partial charge in [0.1, 0.15) is 0 Å². The van der Waals surface area contributed by atoms with Gasteiger partial charge in [-0.25, -0.2) is 0 Å². The largest absolute Gasteiger partial charge is 0.325 e. The molecule has 0 saturated carbocycles.